The summed E-state index contributed by atoms with van der Waals surface area (Å²) in [5, 5.41) is 1.06. The molecule has 1 aliphatic heterocycles. The SMILES string of the molecule is Cc1nc(C)c(CN2CCN(c3cc(C(F)(F)F)nc(C4CC4)n3)CC2)s1. The molecule has 0 N–H and O–H groups in total. The Morgan fingerprint density at radius 1 is 1.07 bits per heavy atom. The van der Waals surface area contributed by atoms with Crippen molar-refractivity contribution in [2.24, 2.45) is 0 Å². The molecule has 0 spiro atoms. The fraction of sp³-hybridized carbons (Fsp3) is 0.611. The molecule has 3 heterocycles. The first-order chi connectivity index (χ1) is 12.8. The van der Waals surface area contributed by atoms with Gasteiger partial charge in [0.25, 0.3) is 0 Å². The zero-order chi connectivity index (χ0) is 19.2. The molecule has 2 aromatic rings. The fourth-order valence-electron chi connectivity index (χ4n) is 3.34. The van der Waals surface area contributed by atoms with Crippen molar-refractivity contribution in [3.05, 3.63) is 33.2 Å². The lowest BCUT2D eigenvalue weighted by atomic mass is 10.2. The Hall–Kier alpha value is -1.74. The van der Waals surface area contributed by atoms with Gasteiger partial charge in [0, 0.05) is 49.6 Å². The molecule has 146 valence electrons. The molecule has 2 aromatic heterocycles. The highest BCUT2D eigenvalue weighted by molar-refractivity contribution is 7.11. The van der Waals surface area contributed by atoms with Gasteiger partial charge in [-0.15, -0.1) is 11.3 Å². The highest BCUT2D eigenvalue weighted by atomic mass is 32.1. The van der Waals surface area contributed by atoms with Gasteiger partial charge in [0.05, 0.1) is 10.7 Å². The quantitative estimate of drug-likeness (QED) is 0.786. The third-order valence-electron chi connectivity index (χ3n) is 5.03. The van der Waals surface area contributed by atoms with Gasteiger partial charge in [-0.05, 0) is 26.7 Å². The zero-order valence-corrected chi connectivity index (χ0v) is 16.2. The second kappa shape index (κ2) is 7.01. The van der Waals surface area contributed by atoms with Crippen LogP contribution in [0, 0.1) is 13.8 Å². The number of alkyl halides is 3. The van der Waals surface area contributed by atoms with Crippen LogP contribution in [0.5, 0.6) is 0 Å². The maximum absolute atomic E-state index is 13.2. The Balaban J connectivity index is 1.46. The Labute approximate surface area is 160 Å². The number of hydrogen-bond donors (Lipinski definition) is 0. The van der Waals surface area contributed by atoms with E-state index in [0.29, 0.717) is 24.7 Å². The summed E-state index contributed by atoms with van der Waals surface area (Å²) >= 11 is 1.71. The van der Waals surface area contributed by atoms with Crippen LogP contribution >= 0.6 is 11.3 Å². The smallest absolute Gasteiger partial charge is 0.354 e. The van der Waals surface area contributed by atoms with Gasteiger partial charge in [0.2, 0.25) is 0 Å². The third-order valence-corrected chi connectivity index (χ3v) is 6.08. The van der Waals surface area contributed by atoms with E-state index in [2.05, 4.69) is 19.9 Å². The van der Waals surface area contributed by atoms with Crippen molar-refractivity contribution in [3.63, 3.8) is 0 Å². The van der Waals surface area contributed by atoms with Crippen LogP contribution < -0.4 is 4.90 Å². The van der Waals surface area contributed by atoms with Gasteiger partial charge in [-0.3, -0.25) is 4.90 Å². The van der Waals surface area contributed by atoms with Crippen LogP contribution in [0.2, 0.25) is 0 Å². The monoisotopic (exact) mass is 397 g/mol. The largest absolute Gasteiger partial charge is 0.433 e. The molecule has 0 unspecified atom stereocenters. The van der Waals surface area contributed by atoms with E-state index >= 15 is 0 Å². The van der Waals surface area contributed by atoms with Crippen LogP contribution in [-0.2, 0) is 12.7 Å². The predicted octanol–water partition coefficient (Wildman–Crippen LogP) is 3.77. The number of thiazole rings is 1. The average molecular weight is 397 g/mol. The summed E-state index contributed by atoms with van der Waals surface area (Å²) < 4.78 is 39.7. The lowest BCUT2D eigenvalue weighted by Gasteiger charge is -2.35. The van der Waals surface area contributed by atoms with Crippen LogP contribution in [-0.4, -0.2) is 46.0 Å². The van der Waals surface area contributed by atoms with Crippen LogP contribution in [0.4, 0.5) is 19.0 Å². The van der Waals surface area contributed by atoms with E-state index in [-0.39, 0.29) is 5.92 Å². The van der Waals surface area contributed by atoms with E-state index in [9.17, 15) is 13.2 Å². The Bertz CT molecular complexity index is 823. The molecule has 5 nitrogen and oxygen atoms in total. The minimum atomic E-state index is -4.44. The van der Waals surface area contributed by atoms with Gasteiger partial charge in [-0.25, -0.2) is 15.0 Å². The number of hydrogen-bond acceptors (Lipinski definition) is 6. The Kier molecular flexibility index (Phi) is 4.84. The summed E-state index contributed by atoms with van der Waals surface area (Å²) in [5.41, 5.74) is 0.243. The minimum absolute atomic E-state index is 0.0879. The van der Waals surface area contributed by atoms with Crippen molar-refractivity contribution in [2.45, 2.75) is 45.3 Å². The number of anilines is 1. The minimum Gasteiger partial charge on any atom is -0.354 e. The molecule has 2 aliphatic rings. The molecule has 1 aliphatic carbocycles. The van der Waals surface area contributed by atoms with E-state index in [1.165, 1.54) is 4.88 Å². The molecule has 0 amide bonds. The number of piperazine rings is 1. The highest BCUT2D eigenvalue weighted by Gasteiger charge is 2.37. The molecule has 0 bridgehead atoms. The number of nitrogens with zero attached hydrogens (tertiary/aromatic N) is 5. The molecule has 0 aromatic carbocycles. The van der Waals surface area contributed by atoms with Crippen LogP contribution in [0.15, 0.2) is 6.07 Å². The molecule has 0 atom stereocenters. The van der Waals surface area contributed by atoms with E-state index in [1.54, 1.807) is 11.3 Å². The predicted molar refractivity (Wildman–Crippen MR) is 98.1 cm³/mol. The van der Waals surface area contributed by atoms with E-state index in [0.717, 1.165) is 49.2 Å². The first kappa shape index (κ1) is 18.6. The molecule has 4 rings (SSSR count). The van der Waals surface area contributed by atoms with Gasteiger partial charge in [-0.1, -0.05) is 0 Å². The van der Waals surface area contributed by atoms with E-state index < -0.39 is 11.9 Å². The number of aromatic nitrogens is 3. The van der Waals surface area contributed by atoms with Crippen LogP contribution in [0.25, 0.3) is 0 Å². The highest BCUT2D eigenvalue weighted by Crippen LogP contribution is 2.40. The normalized spacial score (nSPS) is 18.9. The van der Waals surface area contributed by atoms with Crippen molar-refractivity contribution in [1.82, 2.24) is 19.9 Å². The summed E-state index contributed by atoms with van der Waals surface area (Å²) in [4.78, 5) is 18.2. The molecule has 2 fully saturated rings. The lowest BCUT2D eigenvalue weighted by molar-refractivity contribution is -0.141. The average Bonchev–Trinajstić information content (AvgIpc) is 3.41. The summed E-state index contributed by atoms with van der Waals surface area (Å²) in [6.07, 6.45) is -2.69. The van der Waals surface area contributed by atoms with Crippen LogP contribution in [0.3, 0.4) is 0 Å². The molecular weight excluding hydrogens is 375 g/mol. The zero-order valence-electron chi connectivity index (χ0n) is 15.4. The second-order valence-electron chi connectivity index (χ2n) is 7.25. The second-order valence-corrected chi connectivity index (χ2v) is 8.53. The number of rotatable bonds is 4. The van der Waals surface area contributed by atoms with Gasteiger partial charge < -0.3 is 4.90 Å². The first-order valence-electron chi connectivity index (χ1n) is 9.16. The number of halogens is 3. The van der Waals surface area contributed by atoms with Crippen molar-refractivity contribution in [3.8, 4) is 0 Å². The van der Waals surface area contributed by atoms with Crippen LogP contribution in [0.1, 0.15) is 45.9 Å². The van der Waals surface area contributed by atoms with Crippen molar-refractivity contribution in [1.29, 1.82) is 0 Å². The van der Waals surface area contributed by atoms with Crippen molar-refractivity contribution in [2.75, 3.05) is 31.1 Å². The van der Waals surface area contributed by atoms with Crippen molar-refractivity contribution < 1.29 is 13.2 Å². The lowest BCUT2D eigenvalue weighted by Crippen LogP contribution is -2.46. The molecule has 27 heavy (non-hydrogen) atoms. The molecular formula is C18H22F3N5S. The maximum atomic E-state index is 13.2. The van der Waals surface area contributed by atoms with Gasteiger partial charge in [0.1, 0.15) is 17.3 Å². The molecule has 1 saturated heterocycles. The fourth-order valence-corrected chi connectivity index (χ4v) is 4.32. The number of aryl methyl sites for hydroxylation is 2. The van der Waals surface area contributed by atoms with Crippen molar-refractivity contribution >= 4 is 17.2 Å². The van der Waals surface area contributed by atoms with Gasteiger partial charge in [-0.2, -0.15) is 13.2 Å². The van der Waals surface area contributed by atoms with E-state index in [1.807, 2.05) is 18.7 Å². The molecule has 9 heteroatoms. The van der Waals surface area contributed by atoms with E-state index in [4.69, 9.17) is 0 Å². The Morgan fingerprint density at radius 3 is 2.33 bits per heavy atom. The summed E-state index contributed by atoms with van der Waals surface area (Å²) in [6, 6.07) is 1.10. The summed E-state index contributed by atoms with van der Waals surface area (Å²) in [7, 11) is 0. The summed E-state index contributed by atoms with van der Waals surface area (Å²) in [6.45, 7) is 7.78. The third kappa shape index (κ3) is 4.24. The maximum Gasteiger partial charge on any atom is 0.433 e. The summed E-state index contributed by atoms with van der Waals surface area (Å²) in [5.74, 6) is 0.839. The standard InChI is InChI=1S/C18H22F3N5S/c1-11-14(27-12(2)22-11)10-25-5-7-26(8-6-25)16-9-15(18(19,20)21)23-17(24-16)13-3-4-13/h9,13H,3-8,10H2,1-2H3. The first-order valence-corrected chi connectivity index (χ1v) is 9.97. The molecule has 1 saturated carbocycles. The van der Waals surface area contributed by atoms with Gasteiger partial charge >= 0.3 is 6.18 Å². The Morgan fingerprint density at radius 2 is 1.78 bits per heavy atom. The topological polar surface area (TPSA) is 45.2 Å². The molecule has 0 radical (unpaired) electrons. The van der Waals surface area contributed by atoms with Gasteiger partial charge in [0.15, 0.2) is 0 Å².